The number of aromatic nitrogens is 2. The zero-order valence-corrected chi connectivity index (χ0v) is 10.4. The average molecular weight is 232 g/mol. The van der Waals surface area contributed by atoms with Gasteiger partial charge in [-0.15, -0.1) is 0 Å². The Kier molecular flexibility index (Phi) is 2.97. The topological polar surface area (TPSA) is 41.1 Å². The highest BCUT2D eigenvalue weighted by atomic mass is 15.3. The molecule has 0 radical (unpaired) electrons. The first-order valence-corrected chi connectivity index (χ1v) is 6.61. The van der Waals surface area contributed by atoms with Gasteiger partial charge in [-0.1, -0.05) is 0 Å². The van der Waals surface area contributed by atoms with Crippen LogP contribution >= 0.6 is 0 Å². The minimum absolute atomic E-state index is 0.625. The lowest BCUT2D eigenvalue weighted by atomic mass is 10.2. The summed E-state index contributed by atoms with van der Waals surface area (Å²) in [4.78, 5) is 11.3. The largest absolute Gasteiger partial charge is 0.336 e. The highest BCUT2D eigenvalue weighted by molar-refractivity contribution is 5.34. The van der Waals surface area contributed by atoms with Gasteiger partial charge in [0.25, 0.3) is 0 Å². The van der Waals surface area contributed by atoms with Crippen LogP contribution in [0.5, 0.6) is 0 Å². The monoisotopic (exact) mass is 232 g/mol. The van der Waals surface area contributed by atoms with Gasteiger partial charge in [0, 0.05) is 31.0 Å². The van der Waals surface area contributed by atoms with Gasteiger partial charge in [-0.3, -0.25) is 0 Å². The average Bonchev–Trinajstić information content (AvgIpc) is 3.05. The molecule has 3 rings (SSSR count). The number of nitrogens with one attached hydrogen (secondary N) is 1. The Hall–Kier alpha value is -1.16. The van der Waals surface area contributed by atoms with E-state index in [0.29, 0.717) is 12.1 Å². The van der Waals surface area contributed by atoms with Gasteiger partial charge < -0.3 is 10.2 Å². The lowest BCUT2D eigenvalue weighted by molar-refractivity contribution is 0.571. The highest BCUT2D eigenvalue weighted by Crippen LogP contribution is 2.30. The van der Waals surface area contributed by atoms with E-state index < -0.39 is 0 Å². The maximum Gasteiger partial charge on any atom is 0.225 e. The van der Waals surface area contributed by atoms with Crippen LogP contribution in [-0.2, 0) is 0 Å². The molecule has 1 aliphatic heterocycles. The fraction of sp³-hybridized carbons (Fsp3) is 0.692. The van der Waals surface area contributed by atoms with Gasteiger partial charge >= 0.3 is 0 Å². The number of nitrogens with zero attached hydrogens (tertiary/aromatic N) is 3. The second-order valence-corrected chi connectivity index (χ2v) is 5.24. The van der Waals surface area contributed by atoms with E-state index in [2.05, 4.69) is 20.2 Å². The molecule has 2 aliphatic rings. The van der Waals surface area contributed by atoms with Gasteiger partial charge in [0.2, 0.25) is 5.95 Å². The molecule has 92 valence electrons. The van der Waals surface area contributed by atoms with Crippen LogP contribution < -0.4 is 10.2 Å². The summed E-state index contributed by atoms with van der Waals surface area (Å²) in [7, 11) is 0. The maximum atomic E-state index is 4.47. The van der Waals surface area contributed by atoms with E-state index in [4.69, 9.17) is 0 Å². The van der Waals surface area contributed by atoms with Crippen molar-refractivity contribution < 1.29 is 0 Å². The number of aryl methyl sites for hydroxylation is 1. The normalized spacial score (nSPS) is 23.9. The Morgan fingerprint density at radius 2 is 2.06 bits per heavy atom. The lowest BCUT2D eigenvalue weighted by Gasteiger charge is -2.25. The van der Waals surface area contributed by atoms with Crippen molar-refractivity contribution in [2.45, 2.75) is 44.7 Å². The van der Waals surface area contributed by atoms with Crippen molar-refractivity contribution in [1.82, 2.24) is 15.3 Å². The molecule has 0 bridgehead atoms. The molecular weight excluding hydrogens is 212 g/mol. The van der Waals surface area contributed by atoms with Crippen LogP contribution in [-0.4, -0.2) is 35.1 Å². The lowest BCUT2D eigenvalue weighted by Crippen LogP contribution is -2.39. The van der Waals surface area contributed by atoms with E-state index in [0.717, 1.165) is 24.6 Å². The number of rotatable bonds is 4. The fourth-order valence-corrected chi connectivity index (χ4v) is 2.46. The molecule has 1 atom stereocenters. The Morgan fingerprint density at radius 3 is 2.65 bits per heavy atom. The van der Waals surface area contributed by atoms with Crippen LogP contribution in [0.1, 0.15) is 31.2 Å². The van der Waals surface area contributed by atoms with Crippen molar-refractivity contribution in [1.29, 1.82) is 0 Å². The third kappa shape index (κ3) is 2.57. The van der Waals surface area contributed by atoms with Crippen molar-refractivity contribution >= 4 is 5.95 Å². The zero-order valence-electron chi connectivity index (χ0n) is 10.4. The minimum Gasteiger partial charge on any atom is -0.336 e. The molecule has 1 N–H and O–H groups in total. The summed E-state index contributed by atoms with van der Waals surface area (Å²) in [6, 6.07) is 1.31. The molecular formula is C13H20N4. The van der Waals surface area contributed by atoms with E-state index >= 15 is 0 Å². The molecule has 0 amide bonds. The van der Waals surface area contributed by atoms with E-state index in [-0.39, 0.29) is 0 Å². The summed E-state index contributed by atoms with van der Waals surface area (Å²) in [6.45, 7) is 4.26. The molecule has 2 fully saturated rings. The van der Waals surface area contributed by atoms with Gasteiger partial charge in [-0.25, -0.2) is 9.97 Å². The van der Waals surface area contributed by atoms with Crippen molar-refractivity contribution in [3.05, 3.63) is 18.0 Å². The quantitative estimate of drug-likeness (QED) is 0.854. The Labute approximate surface area is 102 Å². The van der Waals surface area contributed by atoms with Gasteiger partial charge in [-0.2, -0.15) is 0 Å². The van der Waals surface area contributed by atoms with E-state index in [9.17, 15) is 0 Å². The van der Waals surface area contributed by atoms with Crippen LogP contribution in [0.15, 0.2) is 12.4 Å². The SMILES string of the molecule is Cc1cnc(N(CC2CCCN2)C2CC2)nc1. The van der Waals surface area contributed by atoms with Crippen molar-refractivity contribution in [2.24, 2.45) is 0 Å². The fourth-order valence-electron chi connectivity index (χ4n) is 2.46. The Morgan fingerprint density at radius 1 is 1.29 bits per heavy atom. The molecule has 1 aromatic rings. The first kappa shape index (κ1) is 11.0. The second kappa shape index (κ2) is 4.61. The first-order valence-electron chi connectivity index (χ1n) is 6.61. The molecule has 0 aromatic carbocycles. The van der Waals surface area contributed by atoms with E-state index in [1.807, 2.05) is 19.3 Å². The summed E-state index contributed by atoms with van der Waals surface area (Å²) >= 11 is 0. The number of hydrogen-bond donors (Lipinski definition) is 1. The molecule has 1 saturated heterocycles. The second-order valence-electron chi connectivity index (χ2n) is 5.24. The predicted molar refractivity (Wildman–Crippen MR) is 68.2 cm³/mol. The van der Waals surface area contributed by atoms with Crippen LogP contribution in [0.3, 0.4) is 0 Å². The highest BCUT2D eigenvalue weighted by Gasteiger charge is 2.32. The third-order valence-electron chi connectivity index (χ3n) is 3.59. The molecule has 1 unspecified atom stereocenters. The van der Waals surface area contributed by atoms with Crippen molar-refractivity contribution in [3.8, 4) is 0 Å². The molecule has 1 aliphatic carbocycles. The van der Waals surface area contributed by atoms with Crippen LogP contribution in [0.4, 0.5) is 5.95 Å². The summed E-state index contributed by atoms with van der Waals surface area (Å²) in [5, 5.41) is 3.55. The number of hydrogen-bond acceptors (Lipinski definition) is 4. The Bertz CT molecular complexity index is 366. The van der Waals surface area contributed by atoms with Crippen LogP contribution in [0, 0.1) is 6.92 Å². The smallest absolute Gasteiger partial charge is 0.225 e. The third-order valence-corrected chi connectivity index (χ3v) is 3.59. The summed E-state index contributed by atoms with van der Waals surface area (Å²) in [5.74, 6) is 0.909. The summed E-state index contributed by atoms with van der Waals surface area (Å²) in [6.07, 6.45) is 9.01. The minimum atomic E-state index is 0.625. The predicted octanol–water partition coefficient (Wildman–Crippen LogP) is 1.51. The molecule has 17 heavy (non-hydrogen) atoms. The molecule has 1 saturated carbocycles. The standard InChI is InChI=1S/C13H20N4/c1-10-7-15-13(16-8-10)17(12-4-5-12)9-11-3-2-6-14-11/h7-8,11-12,14H,2-6,9H2,1H3. The van der Waals surface area contributed by atoms with Gasteiger partial charge in [0.15, 0.2) is 0 Å². The first-order chi connectivity index (χ1) is 8.33. The molecule has 2 heterocycles. The Balaban J connectivity index is 1.72. The number of anilines is 1. The maximum absolute atomic E-state index is 4.47. The zero-order chi connectivity index (χ0) is 11.7. The van der Waals surface area contributed by atoms with E-state index in [1.165, 1.54) is 25.7 Å². The van der Waals surface area contributed by atoms with Gasteiger partial charge in [0.05, 0.1) is 0 Å². The summed E-state index contributed by atoms with van der Waals surface area (Å²) < 4.78 is 0. The summed E-state index contributed by atoms with van der Waals surface area (Å²) in [5.41, 5.74) is 1.13. The molecule has 4 nitrogen and oxygen atoms in total. The van der Waals surface area contributed by atoms with Crippen LogP contribution in [0.2, 0.25) is 0 Å². The van der Waals surface area contributed by atoms with Gasteiger partial charge in [-0.05, 0) is 44.7 Å². The van der Waals surface area contributed by atoms with E-state index in [1.54, 1.807) is 0 Å². The molecule has 4 heteroatoms. The molecule has 1 aromatic heterocycles. The molecule has 0 spiro atoms. The van der Waals surface area contributed by atoms with Crippen molar-refractivity contribution in [3.63, 3.8) is 0 Å². The van der Waals surface area contributed by atoms with Crippen molar-refractivity contribution in [2.75, 3.05) is 18.0 Å². The van der Waals surface area contributed by atoms with Gasteiger partial charge in [0.1, 0.15) is 0 Å². The van der Waals surface area contributed by atoms with Crippen LogP contribution in [0.25, 0.3) is 0 Å².